The molecule has 1 aromatic heterocycles. The first kappa shape index (κ1) is 15.6. The van der Waals surface area contributed by atoms with Gasteiger partial charge < -0.3 is 20.1 Å². The number of nitrogens with one attached hydrogen (secondary N) is 2. The van der Waals surface area contributed by atoms with Crippen molar-refractivity contribution in [2.24, 2.45) is 0 Å². The van der Waals surface area contributed by atoms with Crippen molar-refractivity contribution >= 4 is 6.09 Å². The normalized spacial score (nSPS) is 20.8. The van der Waals surface area contributed by atoms with Crippen LogP contribution in [-0.4, -0.2) is 35.9 Å². The Labute approximate surface area is 125 Å². The van der Waals surface area contributed by atoms with E-state index in [0.717, 1.165) is 12.1 Å². The first-order valence-electron chi connectivity index (χ1n) is 7.10. The highest BCUT2D eigenvalue weighted by Gasteiger charge is 2.38. The molecule has 1 saturated carbocycles. The van der Waals surface area contributed by atoms with Crippen LogP contribution in [0.5, 0.6) is 5.88 Å². The fourth-order valence-corrected chi connectivity index (χ4v) is 1.94. The van der Waals surface area contributed by atoms with Crippen molar-refractivity contribution in [3.05, 3.63) is 23.9 Å². The lowest BCUT2D eigenvalue weighted by atomic mass is 10.2. The van der Waals surface area contributed by atoms with Crippen LogP contribution in [0.2, 0.25) is 0 Å². The van der Waals surface area contributed by atoms with Gasteiger partial charge in [-0.1, -0.05) is 6.07 Å². The summed E-state index contributed by atoms with van der Waals surface area (Å²) in [5.41, 5.74) is 0.448. The summed E-state index contributed by atoms with van der Waals surface area (Å²) in [6, 6.07) is 6.06. The van der Waals surface area contributed by atoms with Crippen molar-refractivity contribution < 1.29 is 14.3 Å². The highest BCUT2D eigenvalue weighted by Crippen LogP contribution is 2.22. The highest BCUT2D eigenvalue weighted by atomic mass is 16.6. The van der Waals surface area contributed by atoms with Gasteiger partial charge in [-0.05, 0) is 33.3 Å². The maximum absolute atomic E-state index is 11.6. The molecule has 21 heavy (non-hydrogen) atoms. The summed E-state index contributed by atoms with van der Waals surface area (Å²) >= 11 is 0. The lowest BCUT2D eigenvalue weighted by molar-refractivity contribution is 0.0522. The fraction of sp³-hybridized carbons (Fsp3) is 0.600. The van der Waals surface area contributed by atoms with Crippen LogP contribution in [0.4, 0.5) is 4.79 Å². The Bertz CT molecular complexity index is 499. The molecule has 0 spiro atoms. The van der Waals surface area contributed by atoms with Crippen LogP contribution >= 0.6 is 0 Å². The zero-order chi connectivity index (χ0) is 15.5. The minimum absolute atomic E-state index is 0.130. The van der Waals surface area contributed by atoms with Crippen molar-refractivity contribution in [3.63, 3.8) is 0 Å². The molecule has 6 heteroatoms. The Morgan fingerprint density at radius 2 is 2.14 bits per heavy atom. The number of hydrogen-bond donors (Lipinski definition) is 2. The molecule has 1 heterocycles. The Balaban J connectivity index is 1.71. The fourth-order valence-electron chi connectivity index (χ4n) is 1.94. The second-order valence-corrected chi connectivity index (χ2v) is 6.15. The number of nitrogens with zero attached hydrogens (tertiary/aromatic N) is 1. The predicted octanol–water partition coefficient (Wildman–Crippen LogP) is 1.85. The van der Waals surface area contributed by atoms with E-state index in [4.69, 9.17) is 9.47 Å². The van der Waals surface area contributed by atoms with Crippen LogP contribution in [-0.2, 0) is 11.3 Å². The minimum Gasteiger partial charge on any atom is -0.481 e. The molecule has 2 unspecified atom stereocenters. The SMILES string of the molecule is COc1cccc(CNC2CC2NC(=O)OC(C)(C)C)n1. The molecule has 1 amide bonds. The molecule has 0 bridgehead atoms. The summed E-state index contributed by atoms with van der Waals surface area (Å²) in [4.78, 5) is 16.0. The van der Waals surface area contributed by atoms with Gasteiger partial charge in [0.05, 0.1) is 12.8 Å². The number of hydrogen-bond acceptors (Lipinski definition) is 5. The van der Waals surface area contributed by atoms with Gasteiger partial charge in [0, 0.05) is 24.7 Å². The Hall–Kier alpha value is -1.82. The van der Waals surface area contributed by atoms with Gasteiger partial charge in [0.25, 0.3) is 0 Å². The van der Waals surface area contributed by atoms with Crippen molar-refractivity contribution in [3.8, 4) is 5.88 Å². The number of alkyl carbamates (subject to hydrolysis) is 1. The van der Waals surface area contributed by atoms with Gasteiger partial charge in [-0.2, -0.15) is 0 Å². The van der Waals surface area contributed by atoms with E-state index in [9.17, 15) is 4.79 Å². The van der Waals surface area contributed by atoms with E-state index in [2.05, 4.69) is 15.6 Å². The summed E-state index contributed by atoms with van der Waals surface area (Å²) in [6.07, 6.45) is 0.541. The monoisotopic (exact) mass is 293 g/mol. The molecule has 0 radical (unpaired) electrons. The average molecular weight is 293 g/mol. The maximum atomic E-state index is 11.6. The molecule has 1 aliphatic rings. The third kappa shape index (κ3) is 5.23. The summed E-state index contributed by atoms with van der Waals surface area (Å²) in [5.74, 6) is 0.605. The number of rotatable bonds is 5. The van der Waals surface area contributed by atoms with E-state index in [1.807, 2.05) is 39.0 Å². The molecule has 2 atom stereocenters. The lowest BCUT2D eigenvalue weighted by Gasteiger charge is -2.19. The quantitative estimate of drug-likeness (QED) is 0.866. The van der Waals surface area contributed by atoms with E-state index in [0.29, 0.717) is 12.4 Å². The van der Waals surface area contributed by atoms with Gasteiger partial charge >= 0.3 is 6.09 Å². The van der Waals surface area contributed by atoms with Crippen molar-refractivity contribution in [1.29, 1.82) is 0 Å². The van der Waals surface area contributed by atoms with Crippen molar-refractivity contribution in [1.82, 2.24) is 15.6 Å². The number of aromatic nitrogens is 1. The van der Waals surface area contributed by atoms with Crippen LogP contribution in [0.15, 0.2) is 18.2 Å². The first-order chi connectivity index (χ1) is 9.87. The molecule has 0 saturated heterocycles. The van der Waals surface area contributed by atoms with Crippen LogP contribution in [0, 0.1) is 0 Å². The van der Waals surface area contributed by atoms with Crippen molar-refractivity contribution in [2.45, 2.75) is 51.4 Å². The number of methoxy groups -OCH3 is 1. The summed E-state index contributed by atoms with van der Waals surface area (Å²) in [7, 11) is 1.60. The van der Waals surface area contributed by atoms with Crippen LogP contribution in [0.25, 0.3) is 0 Å². The van der Waals surface area contributed by atoms with Gasteiger partial charge in [0.1, 0.15) is 5.60 Å². The van der Waals surface area contributed by atoms with E-state index in [-0.39, 0.29) is 18.2 Å². The molecule has 0 aromatic carbocycles. The van der Waals surface area contributed by atoms with Gasteiger partial charge in [-0.25, -0.2) is 9.78 Å². The minimum atomic E-state index is -0.466. The molecule has 2 rings (SSSR count). The largest absolute Gasteiger partial charge is 0.481 e. The summed E-state index contributed by atoms with van der Waals surface area (Å²) < 4.78 is 10.3. The Kier molecular flexibility index (Phi) is 4.67. The van der Waals surface area contributed by atoms with Crippen LogP contribution in [0.1, 0.15) is 32.9 Å². The number of carbonyl (C=O) groups is 1. The number of pyridine rings is 1. The number of ether oxygens (including phenoxy) is 2. The lowest BCUT2D eigenvalue weighted by Crippen LogP contribution is -2.36. The molecular weight excluding hydrogens is 270 g/mol. The third-order valence-electron chi connectivity index (χ3n) is 3.03. The van der Waals surface area contributed by atoms with Crippen molar-refractivity contribution in [2.75, 3.05) is 7.11 Å². The van der Waals surface area contributed by atoms with Gasteiger partial charge in [-0.15, -0.1) is 0 Å². The smallest absolute Gasteiger partial charge is 0.407 e. The highest BCUT2D eigenvalue weighted by molar-refractivity contribution is 5.68. The van der Waals surface area contributed by atoms with Crippen LogP contribution in [0.3, 0.4) is 0 Å². The molecule has 1 aromatic rings. The van der Waals surface area contributed by atoms with Gasteiger partial charge in [-0.3, -0.25) is 0 Å². The summed E-state index contributed by atoms with van der Waals surface area (Å²) in [6.45, 7) is 6.20. The Morgan fingerprint density at radius 1 is 1.38 bits per heavy atom. The van der Waals surface area contributed by atoms with E-state index in [1.165, 1.54) is 0 Å². The first-order valence-corrected chi connectivity index (χ1v) is 7.10. The van der Waals surface area contributed by atoms with Crippen LogP contribution < -0.4 is 15.4 Å². The molecule has 2 N–H and O–H groups in total. The zero-order valence-corrected chi connectivity index (χ0v) is 13.0. The third-order valence-corrected chi connectivity index (χ3v) is 3.03. The molecule has 1 aliphatic carbocycles. The predicted molar refractivity (Wildman–Crippen MR) is 79.2 cm³/mol. The topological polar surface area (TPSA) is 72.5 Å². The average Bonchev–Trinajstić information content (AvgIpc) is 3.12. The second kappa shape index (κ2) is 6.30. The number of carbonyl (C=O) groups excluding carboxylic acids is 1. The van der Waals surface area contributed by atoms with Gasteiger partial charge in [0.15, 0.2) is 0 Å². The zero-order valence-electron chi connectivity index (χ0n) is 13.0. The molecule has 0 aliphatic heterocycles. The second-order valence-electron chi connectivity index (χ2n) is 6.15. The standard InChI is InChI=1S/C15H23N3O3/c1-15(2,3)21-14(19)18-12-8-11(12)16-9-10-6-5-7-13(17-10)20-4/h5-7,11-12,16H,8-9H2,1-4H3,(H,18,19). The van der Waals surface area contributed by atoms with E-state index in [1.54, 1.807) is 7.11 Å². The Morgan fingerprint density at radius 3 is 2.81 bits per heavy atom. The molecular formula is C15H23N3O3. The maximum Gasteiger partial charge on any atom is 0.407 e. The molecule has 6 nitrogen and oxygen atoms in total. The molecule has 116 valence electrons. The van der Waals surface area contributed by atoms with Gasteiger partial charge in [0.2, 0.25) is 5.88 Å². The van der Waals surface area contributed by atoms with E-state index >= 15 is 0 Å². The summed E-state index contributed by atoms with van der Waals surface area (Å²) in [5, 5.41) is 6.20. The van der Waals surface area contributed by atoms with E-state index < -0.39 is 5.60 Å². The number of amides is 1. The molecule has 1 fully saturated rings.